The number of hydrogen-bond donors (Lipinski definition) is 3. The minimum atomic E-state index is -0.550. The topological polar surface area (TPSA) is 114 Å². The van der Waals surface area contributed by atoms with Gasteiger partial charge >= 0.3 is 5.69 Å². The Morgan fingerprint density at radius 3 is 2.81 bits per heavy atom. The van der Waals surface area contributed by atoms with Gasteiger partial charge in [0.25, 0.3) is 5.56 Å². The third kappa shape index (κ3) is 2.81. The summed E-state index contributed by atoms with van der Waals surface area (Å²) in [5.41, 5.74) is 5.23. The van der Waals surface area contributed by atoms with Gasteiger partial charge in [-0.05, 0) is 12.3 Å². The highest BCUT2D eigenvalue weighted by Crippen LogP contribution is 2.29. The number of hydrogen-bond acceptors (Lipinski definition) is 6. The Hall–Kier alpha value is -1.80. The maximum absolute atomic E-state index is 12.1. The van der Waals surface area contributed by atoms with Crippen LogP contribution in [0.15, 0.2) is 9.59 Å². The Kier molecular flexibility index (Phi) is 4.69. The molecule has 1 saturated heterocycles. The van der Waals surface area contributed by atoms with Crippen LogP contribution in [0, 0.1) is 5.92 Å². The molecule has 4 N–H and O–H groups in total. The number of nitrogens with zero attached hydrogens (tertiary/aromatic N) is 2. The summed E-state index contributed by atoms with van der Waals surface area (Å²) in [4.78, 5) is 28.1. The molecule has 0 spiro atoms. The van der Waals surface area contributed by atoms with Crippen molar-refractivity contribution in [3.63, 3.8) is 0 Å². The minimum absolute atomic E-state index is 0.0583. The molecule has 2 rings (SSSR count). The quantitative estimate of drug-likeness (QED) is 0.641. The lowest BCUT2D eigenvalue weighted by molar-refractivity contribution is 0.186. The van der Waals surface area contributed by atoms with Crippen LogP contribution in [0.3, 0.4) is 0 Å². The molecule has 1 aliphatic rings. The lowest BCUT2D eigenvalue weighted by Crippen LogP contribution is -2.43. The van der Waals surface area contributed by atoms with Crippen LogP contribution in [-0.4, -0.2) is 47.6 Å². The second-order valence-electron chi connectivity index (χ2n) is 5.35. The van der Waals surface area contributed by atoms with E-state index >= 15 is 0 Å². The molecule has 2 unspecified atom stereocenters. The molecule has 2 atom stereocenters. The van der Waals surface area contributed by atoms with E-state index in [9.17, 15) is 14.7 Å². The predicted octanol–water partition coefficient (Wildman–Crippen LogP) is -1.03. The lowest BCUT2D eigenvalue weighted by Gasteiger charge is -2.28. The fourth-order valence-electron chi connectivity index (χ4n) is 2.82. The number of nitrogens with two attached hydrogens (primary N) is 1. The zero-order valence-electron chi connectivity index (χ0n) is 12.3. The molecule has 0 amide bonds. The summed E-state index contributed by atoms with van der Waals surface area (Å²) < 4.78 is 6.24. The van der Waals surface area contributed by atoms with E-state index in [-0.39, 0.29) is 36.6 Å². The van der Waals surface area contributed by atoms with Crippen LogP contribution in [0.2, 0.25) is 0 Å². The number of aliphatic hydroxyl groups excluding tert-OH is 1. The van der Waals surface area contributed by atoms with Gasteiger partial charge in [0.2, 0.25) is 0 Å². The molecule has 1 fully saturated rings. The number of aromatic amines is 1. The molecule has 1 aromatic heterocycles. The third-order valence-electron chi connectivity index (χ3n) is 4.09. The van der Waals surface area contributed by atoms with Crippen LogP contribution >= 0.6 is 0 Å². The fraction of sp³-hybridized carbons (Fsp3) is 0.692. The van der Waals surface area contributed by atoms with Crippen LogP contribution in [0.25, 0.3) is 0 Å². The summed E-state index contributed by atoms with van der Waals surface area (Å²) >= 11 is 0. The Bertz CT molecular complexity index is 609. The second-order valence-corrected chi connectivity index (χ2v) is 5.35. The van der Waals surface area contributed by atoms with E-state index in [1.807, 2.05) is 6.92 Å². The number of methoxy groups -OCH3 is 1. The smallest absolute Gasteiger partial charge is 0.330 e. The predicted molar refractivity (Wildman–Crippen MR) is 79.6 cm³/mol. The molecule has 8 nitrogen and oxygen atoms in total. The summed E-state index contributed by atoms with van der Waals surface area (Å²) in [6, 6.07) is -0.165. The maximum Gasteiger partial charge on any atom is 0.330 e. The van der Waals surface area contributed by atoms with Crippen molar-refractivity contribution in [2.75, 3.05) is 37.5 Å². The van der Waals surface area contributed by atoms with Crippen molar-refractivity contribution in [1.29, 1.82) is 0 Å². The number of anilines is 2. The van der Waals surface area contributed by atoms with Crippen molar-refractivity contribution >= 4 is 11.5 Å². The summed E-state index contributed by atoms with van der Waals surface area (Å²) in [6.45, 7) is 3.17. The minimum Gasteiger partial charge on any atom is -0.394 e. The number of aliphatic hydroxyl groups is 1. The number of H-pyrrole nitrogens is 1. The van der Waals surface area contributed by atoms with Gasteiger partial charge in [-0.2, -0.15) is 0 Å². The summed E-state index contributed by atoms with van der Waals surface area (Å²) in [6.07, 6.45) is 0.862. The molecule has 1 aliphatic heterocycles. The van der Waals surface area contributed by atoms with Crippen molar-refractivity contribution in [2.45, 2.75) is 25.9 Å². The Morgan fingerprint density at radius 2 is 2.19 bits per heavy atom. The monoisotopic (exact) mass is 298 g/mol. The number of rotatable bonds is 5. The summed E-state index contributed by atoms with van der Waals surface area (Å²) in [5.74, 6) is 0.376. The molecule has 0 radical (unpaired) electrons. The van der Waals surface area contributed by atoms with Crippen LogP contribution in [0.1, 0.15) is 13.3 Å². The van der Waals surface area contributed by atoms with E-state index in [1.54, 1.807) is 4.90 Å². The molecule has 1 aromatic rings. The van der Waals surface area contributed by atoms with Gasteiger partial charge in [0.1, 0.15) is 11.5 Å². The number of nitrogens with one attached hydrogen (secondary N) is 1. The SMILES string of the molecule is COCCn1c(N)c(N2CCC(C)C2CO)c(=O)[nH]c1=O. The highest BCUT2D eigenvalue weighted by atomic mass is 16.5. The molecule has 2 heterocycles. The molecular formula is C13H22N4O4. The van der Waals surface area contributed by atoms with Gasteiger partial charge in [-0.1, -0.05) is 6.92 Å². The van der Waals surface area contributed by atoms with Crippen LogP contribution < -0.4 is 21.9 Å². The van der Waals surface area contributed by atoms with Crippen molar-refractivity contribution in [3.8, 4) is 0 Å². The molecule has 0 aromatic carbocycles. The Morgan fingerprint density at radius 1 is 1.48 bits per heavy atom. The number of aromatic nitrogens is 2. The van der Waals surface area contributed by atoms with Gasteiger partial charge in [-0.25, -0.2) is 4.79 Å². The number of nitrogen functional groups attached to an aromatic ring is 1. The van der Waals surface area contributed by atoms with Gasteiger partial charge in [0, 0.05) is 13.7 Å². The van der Waals surface area contributed by atoms with Gasteiger partial charge in [-0.3, -0.25) is 14.3 Å². The Labute approximate surface area is 122 Å². The van der Waals surface area contributed by atoms with Gasteiger partial charge in [0.15, 0.2) is 0 Å². The summed E-state index contributed by atoms with van der Waals surface area (Å²) in [7, 11) is 1.53. The normalized spacial score (nSPS) is 22.0. The summed E-state index contributed by atoms with van der Waals surface area (Å²) in [5, 5.41) is 9.53. The van der Waals surface area contributed by atoms with Gasteiger partial charge in [0.05, 0.1) is 25.8 Å². The van der Waals surface area contributed by atoms with E-state index in [1.165, 1.54) is 11.7 Å². The standard InChI is InChI=1S/C13H22N4O4/c1-8-3-4-16(9(8)7-18)10-11(14)17(5-6-21-2)13(20)15-12(10)19/h8-9,18H,3-7,14H2,1-2H3,(H,15,19,20). The largest absolute Gasteiger partial charge is 0.394 e. The van der Waals surface area contributed by atoms with Gasteiger partial charge < -0.3 is 20.5 Å². The third-order valence-corrected chi connectivity index (χ3v) is 4.09. The molecule has 0 bridgehead atoms. The molecule has 8 heteroatoms. The zero-order chi connectivity index (χ0) is 15.6. The van der Waals surface area contributed by atoms with Crippen molar-refractivity contribution in [1.82, 2.24) is 9.55 Å². The van der Waals surface area contributed by atoms with E-state index < -0.39 is 11.2 Å². The first-order chi connectivity index (χ1) is 10.0. The average Bonchev–Trinajstić information content (AvgIpc) is 2.79. The maximum atomic E-state index is 12.1. The molecule has 0 aliphatic carbocycles. The molecule has 21 heavy (non-hydrogen) atoms. The fourth-order valence-corrected chi connectivity index (χ4v) is 2.82. The van der Waals surface area contributed by atoms with Crippen molar-refractivity contribution in [3.05, 3.63) is 20.8 Å². The van der Waals surface area contributed by atoms with E-state index in [2.05, 4.69) is 4.98 Å². The zero-order valence-corrected chi connectivity index (χ0v) is 12.3. The highest BCUT2D eigenvalue weighted by molar-refractivity contribution is 5.63. The molecule has 118 valence electrons. The van der Waals surface area contributed by atoms with E-state index in [0.29, 0.717) is 13.2 Å². The molecule has 0 saturated carbocycles. The molecular weight excluding hydrogens is 276 g/mol. The van der Waals surface area contributed by atoms with Crippen LogP contribution in [0.4, 0.5) is 11.5 Å². The van der Waals surface area contributed by atoms with Crippen molar-refractivity contribution < 1.29 is 9.84 Å². The average molecular weight is 298 g/mol. The highest BCUT2D eigenvalue weighted by Gasteiger charge is 2.34. The lowest BCUT2D eigenvalue weighted by atomic mass is 10.0. The second kappa shape index (κ2) is 6.31. The first-order valence-corrected chi connectivity index (χ1v) is 7.00. The van der Waals surface area contributed by atoms with E-state index in [4.69, 9.17) is 10.5 Å². The number of ether oxygens (including phenoxy) is 1. The van der Waals surface area contributed by atoms with Crippen LogP contribution in [0.5, 0.6) is 0 Å². The first-order valence-electron chi connectivity index (χ1n) is 7.00. The Balaban J connectivity index is 2.48. The van der Waals surface area contributed by atoms with E-state index in [0.717, 1.165) is 6.42 Å². The first kappa shape index (κ1) is 15.6. The van der Waals surface area contributed by atoms with Gasteiger partial charge in [-0.15, -0.1) is 0 Å². The van der Waals surface area contributed by atoms with Crippen LogP contribution in [-0.2, 0) is 11.3 Å². The van der Waals surface area contributed by atoms with Crippen molar-refractivity contribution in [2.24, 2.45) is 5.92 Å².